The number of ether oxygens (including phenoxy) is 2. The van der Waals surface area contributed by atoms with Gasteiger partial charge in [-0.3, -0.25) is 4.98 Å². The van der Waals surface area contributed by atoms with E-state index in [0.29, 0.717) is 10.6 Å². The first-order valence-electron chi connectivity index (χ1n) is 24.5. The van der Waals surface area contributed by atoms with Crippen LogP contribution in [0.2, 0.25) is 5.15 Å². The van der Waals surface area contributed by atoms with Crippen LogP contribution in [0.5, 0.6) is 11.5 Å². The summed E-state index contributed by atoms with van der Waals surface area (Å²) in [4.78, 5) is 8.53. The predicted molar refractivity (Wildman–Crippen MR) is 301 cm³/mol. The van der Waals surface area contributed by atoms with E-state index in [4.69, 9.17) is 31.1 Å². The molecule has 2 fully saturated rings. The Bertz CT molecular complexity index is 2820. The maximum absolute atomic E-state index is 8.83. The summed E-state index contributed by atoms with van der Waals surface area (Å²) in [5.41, 5.74) is 11.7. The Morgan fingerprint density at radius 1 is 0.543 bits per heavy atom. The summed E-state index contributed by atoms with van der Waals surface area (Å²) in [5, 5.41) is 24.4. The van der Waals surface area contributed by atoms with Gasteiger partial charge >= 0.3 is 7.12 Å². The molecular formula is C61H71BClN2O4P. The number of pyridine rings is 2. The van der Waals surface area contributed by atoms with Crippen LogP contribution in [0.25, 0.3) is 43.9 Å². The van der Waals surface area contributed by atoms with Crippen molar-refractivity contribution in [1.82, 2.24) is 9.97 Å². The van der Waals surface area contributed by atoms with E-state index in [1.165, 1.54) is 97.2 Å². The average Bonchev–Trinajstić information content (AvgIpc) is 3.37. The van der Waals surface area contributed by atoms with Gasteiger partial charge in [-0.2, -0.15) is 0 Å². The van der Waals surface area contributed by atoms with Crippen molar-refractivity contribution >= 4 is 59.0 Å². The lowest BCUT2D eigenvalue weighted by Gasteiger charge is -2.39. The van der Waals surface area contributed by atoms with Gasteiger partial charge in [0.15, 0.2) is 0 Å². The normalized spacial score (nSPS) is 13.7. The van der Waals surface area contributed by atoms with Crippen molar-refractivity contribution in [3.8, 4) is 33.9 Å². The molecule has 9 heteroatoms. The van der Waals surface area contributed by atoms with Gasteiger partial charge < -0.3 is 19.5 Å². The number of benzene rings is 6. The van der Waals surface area contributed by atoms with Crippen molar-refractivity contribution < 1.29 is 19.5 Å². The fraction of sp³-hybridized carbons (Fsp3) is 0.311. The van der Waals surface area contributed by atoms with Crippen LogP contribution in [0.15, 0.2) is 152 Å². The Balaban J connectivity index is 0.000000167. The van der Waals surface area contributed by atoms with Gasteiger partial charge in [0, 0.05) is 28.7 Å². The second-order valence-corrected chi connectivity index (χ2v) is 21.5. The zero-order valence-corrected chi connectivity index (χ0v) is 42.8. The molecule has 70 heavy (non-hydrogen) atoms. The van der Waals surface area contributed by atoms with Crippen molar-refractivity contribution in [2.24, 2.45) is 0 Å². The van der Waals surface area contributed by atoms with Crippen LogP contribution < -0.4 is 20.2 Å². The molecule has 2 saturated carbocycles. The second-order valence-electron chi connectivity index (χ2n) is 18.4. The molecule has 6 aromatic carbocycles. The van der Waals surface area contributed by atoms with Gasteiger partial charge in [-0.1, -0.05) is 191 Å². The van der Waals surface area contributed by atoms with Crippen molar-refractivity contribution in [2.45, 2.75) is 111 Å². The summed E-state index contributed by atoms with van der Waals surface area (Å²) in [6, 6.07) is 47.7. The fourth-order valence-electron chi connectivity index (χ4n) is 10.1. The van der Waals surface area contributed by atoms with Gasteiger partial charge in [0.05, 0.1) is 25.5 Å². The first kappa shape index (κ1) is 53.8. The number of hydrogen-bond acceptors (Lipinski definition) is 6. The standard InChI is InChI=1S/C26H35O2P.C17H15N.C9H6ClN.C8H11BO2.CH4/c1-27-23-17-11-18-24(28-2)26(23)22-16-9-10-19-25(22)29(20-12-5-3-6-13-20)21-14-7-4-8-15-21;1-12-9-13(2)11-15(10-12)17-16-6-4-3-5-14(16)7-8-18-17;10-9-8-4-2-1-3-7(8)5-6-11-9;1-6-3-7(2)5-8(4-6)9(10)11;/h9-11,16-21H,3-8,12-15H2,1-2H3;3-11H,1-2H3;1-6H;3-5,10-11H,1-2H3;1H4. The van der Waals surface area contributed by atoms with Crippen LogP contribution >= 0.6 is 19.5 Å². The Hall–Kier alpha value is -5.56. The molecule has 0 atom stereocenters. The molecule has 2 aromatic heterocycles. The quantitative estimate of drug-likeness (QED) is 0.0896. The lowest BCUT2D eigenvalue weighted by Crippen LogP contribution is -2.30. The van der Waals surface area contributed by atoms with Crippen LogP contribution in [0.4, 0.5) is 0 Å². The molecule has 2 aliphatic carbocycles. The summed E-state index contributed by atoms with van der Waals surface area (Å²) in [6.45, 7) is 8.11. The minimum absolute atomic E-state index is 0. The number of methoxy groups -OCH3 is 2. The Labute approximate surface area is 424 Å². The molecule has 10 rings (SSSR count). The summed E-state index contributed by atoms with van der Waals surface area (Å²) < 4.78 is 11.6. The van der Waals surface area contributed by atoms with E-state index in [2.05, 4.69) is 109 Å². The maximum atomic E-state index is 8.83. The SMILES string of the molecule is C.COc1cccc(OC)c1-c1ccccc1P(C1CCCCC1)C1CCCCC1.Cc1cc(C)cc(-c2nccc3ccccc23)c1.Cc1cc(C)cc(B(O)O)c1.Clc1nccc2ccccc12. The molecule has 0 spiro atoms. The Morgan fingerprint density at radius 3 is 1.54 bits per heavy atom. The molecule has 0 aliphatic heterocycles. The van der Waals surface area contributed by atoms with Crippen molar-refractivity contribution in [3.05, 3.63) is 179 Å². The highest BCUT2D eigenvalue weighted by Gasteiger charge is 2.34. The van der Waals surface area contributed by atoms with Gasteiger partial charge in [-0.25, -0.2) is 4.98 Å². The minimum atomic E-state index is -1.35. The molecule has 0 radical (unpaired) electrons. The summed E-state index contributed by atoms with van der Waals surface area (Å²) in [5.74, 6) is 1.83. The van der Waals surface area contributed by atoms with E-state index < -0.39 is 7.12 Å². The molecule has 2 N–H and O–H groups in total. The molecule has 8 aromatic rings. The Morgan fingerprint density at radius 2 is 1.01 bits per heavy atom. The molecule has 6 nitrogen and oxygen atoms in total. The number of aromatic nitrogens is 2. The summed E-state index contributed by atoms with van der Waals surface area (Å²) in [7, 11) is 2.00. The van der Waals surface area contributed by atoms with E-state index in [1.807, 2.05) is 62.5 Å². The number of rotatable bonds is 8. The lowest BCUT2D eigenvalue weighted by atomic mass is 9.79. The first-order chi connectivity index (χ1) is 33.5. The number of fused-ring (bicyclic) bond motifs is 2. The number of nitrogens with zero attached hydrogens (tertiary/aromatic N) is 2. The molecule has 0 bridgehead atoms. The number of aryl methyl sites for hydroxylation is 4. The summed E-state index contributed by atoms with van der Waals surface area (Å²) >= 11 is 5.85. The fourth-order valence-corrected chi connectivity index (χ4v) is 14.3. The van der Waals surface area contributed by atoms with Crippen LogP contribution in [0.1, 0.15) is 93.9 Å². The van der Waals surface area contributed by atoms with Crippen LogP contribution in [-0.4, -0.2) is 52.7 Å². The highest BCUT2D eigenvalue weighted by Crippen LogP contribution is 2.57. The number of hydrogen-bond donors (Lipinski definition) is 2. The van der Waals surface area contributed by atoms with Crippen LogP contribution in [-0.2, 0) is 0 Å². The topological polar surface area (TPSA) is 84.7 Å². The first-order valence-corrected chi connectivity index (χ1v) is 26.3. The average molecular weight is 973 g/mol. The second kappa shape index (κ2) is 26.6. The highest BCUT2D eigenvalue weighted by molar-refractivity contribution is 7.67. The van der Waals surface area contributed by atoms with E-state index in [0.717, 1.165) is 56.0 Å². The van der Waals surface area contributed by atoms with Gasteiger partial charge in [0.2, 0.25) is 0 Å². The van der Waals surface area contributed by atoms with Gasteiger partial charge in [-0.05, 0) is 128 Å². The van der Waals surface area contributed by atoms with E-state index >= 15 is 0 Å². The van der Waals surface area contributed by atoms with Gasteiger partial charge in [-0.15, -0.1) is 0 Å². The maximum Gasteiger partial charge on any atom is 0.488 e. The third-order valence-electron chi connectivity index (χ3n) is 13.2. The summed E-state index contributed by atoms with van der Waals surface area (Å²) in [6.07, 6.45) is 17.8. The van der Waals surface area contributed by atoms with Crippen LogP contribution in [0.3, 0.4) is 0 Å². The molecule has 0 unspecified atom stereocenters. The van der Waals surface area contributed by atoms with E-state index in [-0.39, 0.29) is 15.3 Å². The van der Waals surface area contributed by atoms with Crippen LogP contribution in [0, 0.1) is 27.7 Å². The minimum Gasteiger partial charge on any atom is -0.496 e. The largest absolute Gasteiger partial charge is 0.496 e. The molecule has 0 amide bonds. The van der Waals surface area contributed by atoms with Crippen molar-refractivity contribution in [2.75, 3.05) is 14.2 Å². The monoisotopic (exact) mass is 972 g/mol. The predicted octanol–water partition coefficient (Wildman–Crippen LogP) is 15.2. The van der Waals surface area contributed by atoms with Gasteiger partial charge in [0.25, 0.3) is 0 Å². The molecule has 0 saturated heterocycles. The molecule has 2 heterocycles. The zero-order chi connectivity index (χ0) is 48.7. The molecule has 2 aliphatic rings. The number of halogens is 1. The van der Waals surface area contributed by atoms with E-state index in [1.54, 1.807) is 37.9 Å². The highest BCUT2D eigenvalue weighted by atomic mass is 35.5. The molecule has 364 valence electrons. The third-order valence-corrected chi connectivity index (χ3v) is 17.0. The van der Waals surface area contributed by atoms with Crippen molar-refractivity contribution in [1.29, 1.82) is 0 Å². The molecular weight excluding hydrogens is 902 g/mol. The lowest BCUT2D eigenvalue weighted by molar-refractivity contribution is 0.397. The third kappa shape index (κ3) is 14.1. The van der Waals surface area contributed by atoms with Crippen molar-refractivity contribution in [3.63, 3.8) is 0 Å². The Kier molecular flexibility index (Phi) is 20.4. The smallest absolute Gasteiger partial charge is 0.488 e. The van der Waals surface area contributed by atoms with E-state index in [9.17, 15) is 0 Å². The van der Waals surface area contributed by atoms with Gasteiger partial charge in [0.1, 0.15) is 16.7 Å². The zero-order valence-electron chi connectivity index (χ0n) is 41.2.